The van der Waals surface area contributed by atoms with Crippen LogP contribution in [0.15, 0.2) is 53.3 Å². The highest BCUT2D eigenvalue weighted by atomic mass is 16.1. The van der Waals surface area contributed by atoms with Crippen LogP contribution in [0, 0.1) is 6.92 Å². The third kappa shape index (κ3) is 2.23. The van der Waals surface area contributed by atoms with E-state index in [4.69, 9.17) is 0 Å². The van der Waals surface area contributed by atoms with Gasteiger partial charge in [0.05, 0.1) is 0 Å². The van der Waals surface area contributed by atoms with Crippen molar-refractivity contribution >= 4 is 16.6 Å². The van der Waals surface area contributed by atoms with E-state index in [9.17, 15) is 4.79 Å². The van der Waals surface area contributed by atoms with Crippen LogP contribution in [0.25, 0.3) is 21.9 Å². The molecule has 0 aliphatic carbocycles. The summed E-state index contributed by atoms with van der Waals surface area (Å²) in [7, 11) is 1.91. The first kappa shape index (κ1) is 15.0. The first-order valence-corrected chi connectivity index (χ1v) is 8.61. The van der Waals surface area contributed by atoms with E-state index in [1.54, 1.807) is 0 Å². The van der Waals surface area contributed by atoms with Gasteiger partial charge in [0.25, 0.3) is 5.56 Å². The predicted molar refractivity (Wildman–Crippen MR) is 101 cm³/mol. The maximum absolute atomic E-state index is 13.0. The van der Waals surface area contributed by atoms with E-state index >= 15 is 0 Å². The van der Waals surface area contributed by atoms with Crippen LogP contribution in [0.1, 0.15) is 18.4 Å². The molecule has 0 N–H and O–H groups in total. The lowest BCUT2D eigenvalue weighted by Gasteiger charge is -2.26. The SMILES string of the molecule is Cc1cccc2c(=O)n(C)c(N3CCCC3)c(-c3ccccc3)c12. The second kappa shape index (κ2) is 5.82. The summed E-state index contributed by atoms with van der Waals surface area (Å²) in [6.07, 6.45) is 2.38. The normalized spacial score (nSPS) is 14.5. The molecular formula is C21H22N2O. The van der Waals surface area contributed by atoms with Gasteiger partial charge in [0, 0.05) is 36.5 Å². The number of hydrogen-bond acceptors (Lipinski definition) is 2. The van der Waals surface area contributed by atoms with Gasteiger partial charge in [-0.1, -0.05) is 42.5 Å². The summed E-state index contributed by atoms with van der Waals surface area (Å²) >= 11 is 0. The molecule has 1 aromatic heterocycles. The van der Waals surface area contributed by atoms with Crippen LogP contribution < -0.4 is 10.5 Å². The molecular weight excluding hydrogens is 296 g/mol. The number of fused-ring (bicyclic) bond motifs is 1. The predicted octanol–water partition coefficient (Wildman–Crippen LogP) is 4.11. The minimum atomic E-state index is 0.0929. The average Bonchev–Trinajstić information content (AvgIpc) is 3.13. The van der Waals surface area contributed by atoms with Crippen LogP contribution in [-0.2, 0) is 7.05 Å². The molecule has 0 unspecified atom stereocenters. The lowest BCUT2D eigenvalue weighted by atomic mass is 9.95. The van der Waals surface area contributed by atoms with Gasteiger partial charge in [-0.3, -0.25) is 9.36 Å². The van der Waals surface area contributed by atoms with E-state index in [0.717, 1.165) is 35.2 Å². The molecule has 1 aliphatic heterocycles. The van der Waals surface area contributed by atoms with E-state index < -0.39 is 0 Å². The van der Waals surface area contributed by atoms with Gasteiger partial charge in [0.1, 0.15) is 5.82 Å². The molecule has 24 heavy (non-hydrogen) atoms. The quantitative estimate of drug-likeness (QED) is 0.710. The fraction of sp³-hybridized carbons (Fsp3) is 0.286. The second-order valence-corrected chi connectivity index (χ2v) is 6.62. The van der Waals surface area contributed by atoms with Gasteiger partial charge >= 0.3 is 0 Å². The summed E-state index contributed by atoms with van der Waals surface area (Å²) < 4.78 is 1.84. The van der Waals surface area contributed by atoms with E-state index in [1.807, 2.05) is 29.8 Å². The van der Waals surface area contributed by atoms with E-state index in [0.29, 0.717) is 0 Å². The Balaban J connectivity index is 2.18. The lowest BCUT2D eigenvalue weighted by Crippen LogP contribution is -2.29. The molecule has 0 spiro atoms. The van der Waals surface area contributed by atoms with Crippen molar-refractivity contribution in [3.05, 3.63) is 64.4 Å². The average molecular weight is 318 g/mol. The highest BCUT2D eigenvalue weighted by Gasteiger charge is 2.23. The van der Waals surface area contributed by atoms with Crippen molar-refractivity contribution in [1.29, 1.82) is 0 Å². The fourth-order valence-corrected chi connectivity index (χ4v) is 3.91. The van der Waals surface area contributed by atoms with Gasteiger partial charge in [-0.15, -0.1) is 0 Å². The Hall–Kier alpha value is -2.55. The Bertz CT molecular complexity index is 951. The molecule has 1 saturated heterocycles. The van der Waals surface area contributed by atoms with Crippen molar-refractivity contribution in [2.75, 3.05) is 18.0 Å². The topological polar surface area (TPSA) is 25.2 Å². The molecule has 4 rings (SSSR count). The molecule has 0 amide bonds. The van der Waals surface area contributed by atoms with Gasteiger partial charge in [0.15, 0.2) is 0 Å². The van der Waals surface area contributed by atoms with Crippen LogP contribution in [0.2, 0.25) is 0 Å². The summed E-state index contributed by atoms with van der Waals surface area (Å²) in [4.78, 5) is 15.3. The summed E-state index contributed by atoms with van der Waals surface area (Å²) in [6.45, 7) is 4.14. The number of aromatic nitrogens is 1. The van der Waals surface area contributed by atoms with E-state index in [-0.39, 0.29) is 5.56 Å². The van der Waals surface area contributed by atoms with Crippen LogP contribution in [-0.4, -0.2) is 17.7 Å². The number of pyridine rings is 1. The van der Waals surface area contributed by atoms with Crippen molar-refractivity contribution in [2.45, 2.75) is 19.8 Å². The molecule has 2 aromatic carbocycles. The first-order chi connectivity index (χ1) is 11.7. The Morgan fingerprint density at radius 1 is 0.917 bits per heavy atom. The summed E-state index contributed by atoms with van der Waals surface area (Å²) in [5.41, 5.74) is 3.61. The maximum Gasteiger partial charge on any atom is 0.259 e. The van der Waals surface area contributed by atoms with Crippen molar-refractivity contribution in [3.63, 3.8) is 0 Å². The number of rotatable bonds is 2. The zero-order valence-electron chi connectivity index (χ0n) is 14.2. The van der Waals surface area contributed by atoms with Crippen molar-refractivity contribution in [1.82, 2.24) is 4.57 Å². The Kier molecular flexibility index (Phi) is 3.64. The monoisotopic (exact) mass is 318 g/mol. The number of nitrogens with zero attached hydrogens (tertiary/aromatic N) is 2. The van der Waals surface area contributed by atoms with Crippen molar-refractivity contribution < 1.29 is 0 Å². The summed E-state index contributed by atoms with van der Waals surface area (Å²) in [5.74, 6) is 1.06. The Morgan fingerprint density at radius 3 is 2.33 bits per heavy atom. The first-order valence-electron chi connectivity index (χ1n) is 8.61. The molecule has 0 radical (unpaired) electrons. The molecule has 3 nitrogen and oxygen atoms in total. The van der Waals surface area contributed by atoms with Gasteiger partial charge in [-0.25, -0.2) is 0 Å². The number of benzene rings is 2. The third-order valence-electron chi connectivity index (χ3n) is 5.07. The van der Waals surface area contributed by atoms with Crippen LogP contribution in [0.3, 0.4) is 0 Å². The third-order valence-corrected chi connectivity index (χ3v) is 5.07. The summed E-state index contributed by atoms with van der Waals surface area (Å²) in [5, 5.41) is 1.90. The Morgan fingerprint density at radius 2 is 1.62 bits per heavy atom. The molecule has 3 aromatic rings. The van der Waals surface area contributed by atoms with Gasteiger partial charge in [-0.05, 0) is 37.0 Å². The largest absolute Gasteiger partial charge is 0.357 e. The lowest BCUT2D eigenvalue weighted by molar-refractivity contribution is 0.810. The molecule has 3 heteroatoms. The van der Waals surface area contributed by atoms with Gasteiger partial charge in [-0.2, -0.15) is 0 Å². The fourth-order valence-electron chi connectivity index (χ4n) is 3.91. The van der Waals surface area contributed by atoms with Crippen LogP contribution in [0.4, 0.5) is 5.82 Å². The van der Waals surface area contributed by atoms with Crippen LogP contribution in [0.5, 0.6) is 0 Å². The molecule has 0 saturated carbocycles. The molecule has 1 fully saturated rings. The summed E-state index contributed by atoms with van der Waals surface area (Å²) in [6, 6.07) is 16.5. The van der Waals surface area contributed by atoms with Crippen LogP contribution >= 0.6 is 0 Å². The van der Waals surface area contributed by atoms with Gasteiger partial charge < -0.3 is 4.90 Å². The molecule has 2 heterocycles. The highest BCUT2D eigenvalue weighted by Crippen LogP contribution is 2.38. The zero-order valence-corrected chi connectivity index (χ0v) is 14.2. The molecule has 0 bridgehead atoms. The minimum absolute atomic E-state index is 0.0929. The van der Waals surface area contributed by atoms with E-state index in [2.05, 4.69) is 42.2 Å². The molecule has 1 aliphatic rings. The van der Waals surface area contributed by atoms with Gasteiger partial charge in [0.2, 0.25) is 0 Å². The Labute approximate surface area is 142 Å². The standard InChI is InChI=1S/C21H22N2O/c1-15-9-8-12-17-18(15)19(16-10-4-3-5-11-16)20(22(2)21(17)24)23-13-6-7-14-23/h3-5,8-12H,6-7,13-14H2,1-2H3. The van der Waals surface area contributed by atoms with Crippen molar-refractivity contribution in [2.24, 2.45) is 7.05 Å². The van der Waals surface area contributed by atoms with E-state index in [1.165, 1.54) is 24.0 Å². The number of anilines is 1. The highest BCUT2D eigenvalue weighted by molar-refractivity contribution is 6.03. The maximum atomic E-state index is 13.0. The molecule has 122 valence electrons. The number of aryl methyl sites for hydroxylation is 1. The van der Waals surface area contributed by atoms with Crippen molar-refractivity contribution in [3.8, 4) is 11.1 Å². The molecule has 0 atom stereocenters. The second-order valence-electron chi connectivity index (χ2n) is 6.62. The number of hydrogen-bond donors (Lipinski definition) is 0. The minimum Gasteiger partial charge on any atom is -0.357 e. The smallest absolute Gasteiger partial charge is 0.259 e. The zero-order chi connectivity index (χ0) is 16.7.